The first-order valence-corrected chi connectivity index (χ1v) is 19.7. The lowest BCUT2D eigenvalue weighted by Gasteiger charge is -2.29. The molecule has 56 heavy (non-hydrogen) atoms. The minimum Gasteiger partial charge on any atom is -0.0622 e. The Kier molecular flexibility index (Phi) is 7.74. The summed E-state index contributed by atoms with van der Waals surface area (Å²) in [5, 5.41) is 0. The van der Waals surface area contributed by atoms with Crippen molar-refractivity contribution >= 4 is 0 Å². The lowest BCUT2D eigenvalue weighted by Crippen LogP contribution is -2.02. The van der Waals surface area contributed by atoms with Gasteiger partial charge in [0.2, 0.25) is 0 Å². The van der Waals surface area contributed by atoms with Crippen LogP contribution in [0.3, 0.4) is 0 Å². The van der Waals surface area contributed by atoms with Crippen molar-refractivity contribution in [2.75, 3.05) is 0 Å². The van der Waals surface area contributed by atoms with Crippen LogP contribution in [0.4, 0.5) is 0 Å². The topological polar surface area (TPSA) is 0 Å². The molecule has 0 nitrogen and oxygen atoms in total. The number of hydrogen-bond donors (Lipinski definition) is 0. The second kappa shape index (κ2) is 13.4. The van der Waals surface area contributed by atoms with Crippen molar-refractivity contribution < 1.29 is 0 Å². The second-order valence-electron chi connectivity index (χ2n) is 15.1. The summed E-state index contributed by atoms with van der Waals surface area (Å²) in [6.07, 6.45) is 1.87. The number of hydrogen-bond acceptors (Lipinski definition) is 0. The number of fused-ring (bicyclic) bond motifs is 6. The lowest BCUT2D eigenvalue weighted by atomic mass is 9.74. The molecule has 0 fully saturated rings. The van der Waals surface area contributed by atoms with Gasteiger partial charge in [-0.3, -0.25) is 0 Å². The van der Waals surface area contributed by atoms with E-state index in [9.17, 15) is 0 Å². The maximum atomic E-state index is 2.50. The van der Waals surface area contributed by atoms with E-state index in [1.165, 1.54) is 111 Å². The average Bonchev–Trinajstić information content (AvgIpc) is 3.84. The molecular weight excluding hydrogens is 673 g/mol. The maximum absolute atomic E-state index is 2.50. The van der Waals surface area contributed by atoms with Crippen molar-refractivity contribution in [1.29, 1.82) is 0 Å². The van der Waals surface area contributed by atoms with Gasteiger partial charge in [-0.05, 0) is 124 Å². The highest BCUT2D eigenvalue weighted by atomic mass is 14.3. The van der Waals surface area contributed by atoms with Crippen LogP contribution in [0, 0.1) is 0 Å². The van der Waals surface area contributed by atoms with Crippen molar-refractivity contribution in [2.24, 2.45) is 0 Å². The Morgan fingerprint density at radius 1 is 0.196 bits per heavy atom. The Morgan fingerprint density at radius 3 is 0.804 bits per heavy atom. The fourth-order valence-electron chi connectivity index (χ4n) is 9.50. The molecule has 11 rings (SSSR count). The van der Waals surface area contributed by atoms with Gasteiger partial charge in [0.05, 0.1) is 0 Å². The van der Waals surface area contributed by atoms with Gasteiger partial charge in [0.25, 0.3) is 0 Å². The Bertz CT molecular complexity index is 2720. The van der Waals surface area contributed by atoms with Crippen LogP contribution >= 0.6 is 0 Å². The molecule has 0 heterocycles. The van der Waals surface area contributed by atoms with Gasteiger partial charge in [-0.15, -0.1) is 0 Å². The third-order valence-corrected chi connectivity index (χ3v) is 11.9. The largest absolute Gasteiger partial charge is 0.0622 e. The van der Waals surface area contributed by atoms with Crippen molar-refractivity contribution in [2.45, 2.75) is 12.8 Å². The van der Waals surface area contributed by atoms with Gasteiger partial charge in [-0.1, -0.05) is 206 Å². The third-order valence-electron chi connectivity index (χ3n) is 11.9. The van der Waals surface area contributed by atoms with Crippen LogP contribution in [0.2, 0.25) is 0 Å². The Morgan fingerprint density at radius 2 is 0.464 bits per heavy atom. The first-order chi connectivity index (χ1) is 27.8. The fraction of sp³-hybridized carbons (Fsp3) is 0.0357. The third kappa shape index (κ3) is 5.29. The molecule has 9 aromatic carbocycles. The van der Waals surface area contributed by atoms with Crippen LogP contribution in [0.15, 0.2) is 206 Å². The van der Waals surface area contributed by atoms with E-state index in [4.69, 9.17) is 0 Å². The predicted octanol–water partition coefficient (Wildman–Crippen LogP) is 14.8. The standard InChI is InChI=1S/C56H38/c1-5-17-37(18-6-1)51-52(38-19-7-2-8-20-38)54(40-23-11-4-12-24-40)56(44-30-32-50-46(36-44)34-42-26-14-16-28-48(42)50)55(53(51)39-21-9-3-10-22-39)43-29-31-49-45(35-43)33-41-25-13-15-27-47(41)49/h1-32,35-36H,33-34H2. The van der Waals surface area contributed by atoms with E-state index in [0.29, 0.717) is 0 Å². The van der Waals surface area contributed by atoms with Crippen LogP contribution in [0.1, 0.15) is 22.3 Å². The highest BCUT2D eigenvalue weighted by Gasteiger charge is 2.31. The maximum Gasteiger partial charge on any atom is -0.00132 e. The van der Waals surface area contributed by atoms with Gasteiger partial charge in [0.1, 0.15) is 0 Å². The fourth-order valence-corrected chi connectivity index (χ4v) is 9.50. The van der Waals surface area contributed by atoms with Crippen molar-refractivity contribution in [3.8, 4) is 89.0 Å². The van der Waals surface area contributed by atoms with Crippen molar-refractivity contribution in [1.82, 2.24) is 0 Å². The van der Waals surface area contributed by atoms with Gasteiger partial charge >= 0.3 is 0 Å². The first kappa shape index (κ1) is 32.4. The first-order valence-electron chi connectivity index (χ1n) is 19.7. The summed E-state index contributed by atoms with van der Waals surface area (Å²) >= 11 is 0. The number of rotatable bonds is 6. The zero-order valence-electron chi connectivity index (χ0n) is 31.0. The van der Waals surface area contributed by atoms with E-state index in [0.717, 1.165) is 12.8 Å². The van der Waals surface area contributed by atoms with Gasteiger partial charge < -0.3 is 0 Å². The Hall–Kier alpha value is -7.02. The van der Waals surface area contributed by atoms with E-state index in [-0.39, 0.29) is 0 Å². The second-order valence-corrected chi connectivity index (χ2v) is 15.1. The summed E-state index contributed by atoms with van der Waals surface area (Å²) in [7, 11) is 0. The van der Waals surface area contributed by atoms with Gasteiger partial charge in [0.15, 0.2) is 0 Å². The zero-order valence-corrected chi connectivity index (χ0v) is 31.0. The molecule has 0 radical (unpaired) electrons. The molecule has 0 N–H and O–H groups in total. The molecule has 0 spiro atoms. The van der Waals surface area contributed by atoms with E-state index in [2.05, 4.69) is 206 Å². The predicted molar refractivity (Wildman–Crippen MR) is 236 cm³/mol. The average molecular weight is 711 g/mol. The molecule has 0 aliphatic heterocycles. The smallest absolute Gasteiger partial charge is 0.00132 e. The normalized spacial score (nSPS) is 12.1. The molecule has 0 aromatic heterocycles. The van der Waals surface area contributed by atoms with Crippen LogP contribution in [0.5, 0.6) is 0 Å². The van der Waals surface area contributed by atoms with Crippen LogP contribution in [-0.4, -0.2) is 0 Å². The van der Waals surface area contributed by atoms with Gasteiger partial charge in [-0.25, -0.2) is 0 Å². The number of benzene rings is 9. The molecule has 0 heteroatoms. The minimum absolute atomic E-state index is 0.936. The molecule has 0 atom stereocenters. The molecule has 262 valence electrons. The molecule has 0 bridgehead atoms. The summed E-state index contributed by atoms with van der Waals surface area (Å²) in [6.45, 7) is 0. The molecule has 2 aliphatic rings. The van der Waals surface area contributed by atoms with Crippen LogP contribution in [0.25, 0.3) is 89.0 Å². The van der Waals surface area contributed by atoms with E-state index >= 15 is 0 Å². The van der Waals surface area contributed by atoms with Gasteiger partial charge in [0, 0.05) is 0 Å². The highest BCUT2D eigenvalue weighted by Crippen LogP contribution is 2.57. The molecule has 0 saturated heterocycles. The molecule has 9 aromatic rings. The van der Waals surface area contributed by atoms with Crippen molar-refractivity contribution in [3.63, 3.8) is 0 Å². The minimum atomic E-state index is 0.936. The summed E-state index contributed by atoms with van der Waals surface area (Å²) in [5.41, 5.74) is 25.8. The lowest BCUT2D eigenvalue weighted by molar-refractivity contribution is 1.26. The summed E-state index contributed by atoms with van der Waals surface area (Å²) < 4.78 is 0. The van der Waals surface area contributed by atoms with Crippen LogP contribution in [-0.2, 0) is 12.8 Å². The molecule has 2 aliphatic carbocycles. The van der Waals surface area contributed by atoms with Crippen molar-refractivity contribution in [3.05, 3.63) is 229 Å². The monoisotopic (exact) mass is 710 g/mol. The Labute approximate surface area is 329 Å². The Balaban J connectivity index is 1.34. The zero-order chi connectivity index (χ0) is 37.0. The highest BCUT2D eigenvalue weighted by molar-refractivity contribution is 6.15. The molecule has 0 unspecified atom stereocenters. The SMILES string of the molecule is c1ccc(-c2c(-c3ccccc3)c(-c3ccccc3)c(-c3ccc4c(c3)Cc3ccccc3-4)c(-c3ccc4c(c3)Cc3ccccc3-4)c2-c2ccccc2)cc1. The summed E-state index contributed by atoms with van der Waals surface area (Å²) in [6, 6.07) is 76.7. The van der Waals surface area contributed by atoms with Gasteiger partial charge in [-0.2, -0.15) is 0 Å². The van der Waals surface area contributed by atoms with E-state index in [1.807, 2.05) is 0 Å². The molecular formula is C56H38. The van der Waals surface area contributed by atoms with E-state index < -0.39 is 0 Å². The molecule has 0 saturated carbocycles. The summed E-state index contributed by atoms with van der Waals surface area (Å²) in [4.78, 5) is 0. The summed E-state index contributed by atoms with van der Waals surface area (Å²) in [5.74, 6) is 0. The van der Waals surface area contributed by atoms with E-state index in [1.54, 1.807) is 0 Å². The van der Waals surface area contributed by atoms with Crippen LogP contribution < -0.4 is 0 Å². The molecule has 0 amide bonds. The quantitative estimate of drug-likeness (QED) is 0.161.